The summed E-state index contributed by atoms with van der Waals surface area (Å²) in [6, 6.07) is 0. The second-order valence-electron chi connectivity index (χ2n) is 2.05. The lowest BCUT2D eigenvalue weighted by Gasteiger charge is -2.13. The first-order chi connectivity index (χ1) is 4.18. The van der Waals surface area contributed by atoms with Gasteiger partial charge in [0.2, 0.25) is 0 Å². The van der Waals surface area contributed by atoms with Crippen LogP contribution in [-0.4, -0.2) is 17.1 Å². The molecular formula is C7H10OSi. The van der Waals surface area contributed by atoms with Crippen LogP contribution < -0.4 is 0 Å². The number of hydrogen-bond acceptors (Lipinski definition) is 1. The van der Waals surface area contributed by atoms with Gasteiger partial charge in [0, 0.05) is 0 Å². The minimum absolute atomic E-state index is 0.478. The molecule has 1 nitrogen and oxygen atoms in total. The third-order valence-electron chi connectivity index (χ3n) is 1.07. The number of terminal acetylenes is 2. The molecule has 0 saturated carbocycles. The average molecular weight is 138 g/mol. The van der Waals surface area contributed by atoms with Crippen molar-refractivity contribution < 1.29 is 4.43 Å². The van der Waals surface area contributed by atoms with E-state index in [1.807, 2.05) is 6.92 Å². The van der Waals surface area contributed by atoms with Crippen molar-refractivity contribution in [2.45, 2.75) is 6.92 Å². The zero-order valence-electron chi connectivity index (χ0n) is 5.77. The highest BCUT2D eigenvalue weighted by Crippen LogP contribution is 2.11. The van der Waals surface area contributed by atoms with E-state index >= 15 is 0 Å². The van der Waals surface area contributed by atoms with Crippen molar-refractivity contribution in [3.8, 4) is 24.7 Å². The largest absolute Gasteiger partial charge is 0.425 e. The van der Waals surface area contributed by atoms with E-state index in [0.717, 1.165) is 0 Å². The predicted molar refractivity (Wildman–Crippen MR) is 41.7 cm³/mol. The van der Waals surface area contributed by atoms with E-state index in [4.69, 9.17) is 17.3 Å². The summed E-state index contributed by atoms with van der Waals surface area (Å²) in [5.41, 5.74) is -0.498. The van der Waals surface area contributed by atoms with Gasteiger partial charge in [-0.15, -0.1) is 12.8 Å². The van der Waals surface area contributed by atoms with Crippen molar-refractivity contribution >= 4 is 10.5 Å². The zero-order chi connectivity index (χ0) is 7.33. The first kappa shape index (κ1) is 8.30. The Hall–Kier alpha value is -0.703. The molecule has 0 heterocycles. The van der Waals surface area contributed by atoms with Crippen LogP contribution in [-0.2, 0) is 4.43 Å². The summed E-state index contributed by atoms with van der Waals surface area (Å²) >= 11 is 0. The van der Waals surface area contributed by atoms with Gasteiger partial charge in [0.1, 0.15) is 15.9 Å². The lowest BCUT2D eigenvalue weighted by Crippen LogP contribution is -2.17. The molecule has 0 spiro atoms. The first-order valence-corrected chi connectivity index (χ1v) is 3.44. The topological polar surface area (TPSA) is 9.23 Å². The molecule has 0 aliphatic heterocycles. The Morgan fingerprint density at radius 1 is 1.56 bits per heavy atom. The summed E-state index contributed by atoms with van der Waals surface area (Å²) in [4.78, 5) is 0. The van der Waals surface area contributed by atoms with E-state index in [1.54, 1.807) is 0 Å². The Kier molecular flexibility index (Phi) is 3.09. The van der Waals surface area contributed by atoms with Crippen molar-refractivity contribution in [1.29, 1.82) is 0 Å². The second-order valence-corrected chi connectivity index (χ2v) is 2.63. The van der Waals surface area contributed by atoms with Crippen LogP contribution in [0.2, 0.25) is 0 Å². The molecular weight excluding hydrogens is 128 g/mol. The summed E-state index contributed by atoms with van der Waals surface area (Å²) < 4.78 is 4.94. The third-order valence-corrected chi connectivity index (χ3v) is 1.36. The molecule has 0 N–H and O–H groups in total. The number of rotatable bonds is 2. The van der Waals surface area contributed by atoms with Crippen LogP contribution in [0.4, 0.5) is 0 Å². The minimum Gasteiger partial charge on any atom is -0.425 e. The highest BCUT2D eigenvalue weighted by molar-refractivity contribution is 5.98. The molecule has 0 aromatic carbocycles. The second kappa shape index (κ2) is 3.35. The summed E-state index contributed by atoms with van der Waals surface area (Å²) in [6.45, 7) is 2.29. The van der Waals surface area contributed by atoms with Crippen LogP contribution in [0.25, 0.3) is 0 Å². The van der Waals surface area contributed by atoms with E-state index in [0.29, 0.717) is 17.1 Å². The maximum Gasteiger partial charge on any atom is 0.146 e. The molecule has 0 rings (SSSR count). The molecule has 0 aliphatic rings. The van der Waals surface area contributed by atoms with Gasteiger partial charge in [-0.1, -0.05) is 11.8 Å². The third kappa shape index (κ3) is 2.37. The molecule has 48 valence electrons. The molecule has 0 aromatic heterocycles. The molecule has 0 radical (unpaired) electrons. The summed E-state index contributed by atoms with van der Waals surface area (Å²) in [7, 11) is 0.688. The van der Waals surface area contributed by atoms with Crippen molar-refractivity contribution in [3.63, 3.8) is 0 Å². The summed E-state index contributed by atoms with van der Waals surface area (Å²) in [5.74, 6) is 4.98. The molecule has 0 bridgehead atoms. The van der Waals surface area contributed by atoms with E-state index in [-0.39, 0.29) is 0 Å². The van der Waals surface area contributed by atoms with Gasteiger partial charge in [-0.25, -0.2) is 0 Å². The Labute approximate surface area is 59.3 Å². The fourth-order valence-electron chi connectivity index (χ4n) is 0.414. The van der Waals surface area contributed by atoms with Crippen LogP contribution in [0.3, 0.4) is 0 Å². The zero-order valence-corrected chi connectivity index (χ0v) is 7.77. The van der Waals surface area contributed by atoms with E-state index in [9.17, 15) is 0 Å². The highest BCUT2D eigenvalue weighted by atomic mass is 28.2. The monoisotopic (exact) mass is 138 g/mol. The standard InChI is InChI=1S/C7H10OSi/c1-4-7(3,5-2)6-8-9/h1-2H,6H2,3,9H3. The minimum atomic E-state index is -0.498. The Bertz CT molecular complexity index is 147. The van der Waals surface area contributed by atoms with Gasteiger partial charge in [-0.2, -0.15) is 0 Å². The summed E-state index contributed by atoms with van der Waals surface area (Å²) in [5, 5.41) is 0. The highest BCUT2D eigenvalue weighted by Gasteiger charge is 2.15. The molecule has 0 aliphatic carbocycles. The van der Waals surface area contributed by atoms with E-state index in [1.165, 1.54) is 0 Å². The van der Waals surface area contributed by atoms with Crippen LogP contribution in [0.1, 0.15) is 6.92 Å². The van der Waals surface area contributed by atoms with Crippen molar-refractivity contribution in [2.24, 2.45) is 5.41 Å². The fourth-order valence-corrected chi connectivity index (χ4v) is 0.991. The molecule has 2 heteroatoms. The van der Waals surface area contributed by atoms with Crippen molar-refractivity contribution in [2.75, 3.05) is 6.61 Å². The smallest absolute Gasteiger partial charge is 0.146 e. The Morgan fingerprint density at radius 3 is 2.11 bits per heavy atom. The molecule has 0 fully saturated rings. The quantitative estimate of drug-likeness (QED) is 0.371. The van der Waals surface area contributed by atoms with Crippen molar-refractivity contribution in [3.05, 3.63) is 0 Å². The van der Waals surface area contributed by atoms with Gasteiger partial charge in [-0.05, 0) is 6.92 Å². The maximum atomic E-state index is 5.15. The predicted octanol–water partition coefficient (Wildman–Crippen LogP) is -0.444. The van der Waals surface area contributed by atoms with Gasteiger partial charge in [0.05, 0.1) is 6.61 Å². The summed E-state index contributed by atoms with van der Waals surface area (Å²) in [6.07, 6.45) is 10.3. The SMILES string of the molecule is C#CC(C)(C#C)CO[SiH3]. The van der Waals surface area contributed by atoms with Gasteiger partial charge in [-0.3, -0.25) is 0 Å². The molecule has 9 heavy (non-hydrogen) atoms. The molecule has 0 atom stereocenters. The lowest BCUT2D eigenvalue weighted by atomic mass is 9.95. The Morgan fingerprint density at radius 2 is 2.00 bits per heavy atom. The molecule has 0 aromatic rings. The van der Waals surface area contributed by atoms with Crippen LogP contribution >= 0.6 is 0 Å². The number of hydrogen-bond donors (Lipinski definition) is 0. The van der Waals surface area contributed by atoms with Crippen LogP contribution in [0, 0.1) is 30.1 Å². The average Bonchev–Trinajstić information content (AvgIpc) is 1.89. The van der Waals surface area contributed by atoms with E-state index in [2.05, 4.69) is 11.8 Å². The van der Waals surface area contributed by atoms with Crippen molar-refractivity contribution in [1.82, 2.24) is 0 Å². The van der Waals surface area contributed by atoms with Gasteiger partial charge in [0.25, 0.3) is 0 Å². The van der Waals surface area contributed by atoms with E-state index < -0.39 is 5.41 Å². The molecule has 0 saturated heterocycles. The first-order valence-electron chi connectivity index (χ1n) is 2.63. The van der Waals surface area contributed by atoms with Gasteiger partial charge < -0.3 is 4.43 Å². The van der Waals surface area contributed by atoms with Gasteiger partial charge >= 0.3 is 0 Å². The molecule has 0 amide bonds. The van der Waals surface area contributed by atoms with Gasteiger partial charge in [0.15, 0.2) is 0 Å². The lowest BCUT2D eigenvalue weighted by molar-refractivity contribution is 0.277. The fraction of sp³-hybridized carbons (Fsp3) is 0.429. The van der Waals surface area contributed by atoms with Crippen LogP contribution in [0.15, 0.2) is 0 Å². The maximum absolute atomic E-state index is 5.15. The normalized spacial score (nSPS) is 10.1. The Balaban J connectivity index is 4.02. The molecule has 0 unspecified atom stereocenters. The van der Waals surface area contributed by atoms with Crippen LogP contribution in [0.5, 0.6) is 0 Å².